The lowest BCUT2D eigenvalue weighted by Gasteiger charge is -2.07. The second kappa shape index (κ2) is 11.3. The Balaban J connectivity index is 1.59. The van der Waals surface area contributed by atoms with Crippen LogP contribution in [0.1, 0.15) is 11.1 Å². The molecule has 0 aliphatic carbocycles. The van der Waals surface area contributed by atoms with Crippen LogP contribution >= 0.6 is 58.3 Å². The van der Waals surface area contributed by atoms with Crippen molar-refractivity contribution in [2.75, 3.05) is 18.1 Å². The van der Waals surface area contributed by atoms with Gasteiger partial charge in [-0.25, -0.2) is 4.39 Å². The van der Waals surface area contributed by atoms with Crippen LogP contribution in [0.5, 0.6) is 0 Å². The maximum Gasteiger partial charge on any atom is 0.230 e. The molecule has 0 saturated carbocycles. The molecule has 0 spiro atoms. The zero-order chi connectivity index (χ0) is 18.9. The molecule has 0 fully saturated rings. The van der Waals surface area contributed by atoms with Crippen molar-refractivity contribution in [2.45, 2.75) is 11.5 Å². The largest absolute Gasteiger partial charge is 0.355 e. The second-order valence-electron chi connectivity index (χ2n) is 5.34. The van der Waals surface area contributed by atoms with E-state index < -0.39 is 0 Å². The number of halogens is 4. The van der Waals surface area contributed by atoms with Crippen LogP contribution in [0, 0.1) is 5.82 Å². The Morgan fingerprint density at radius 2 is 1.81 bits per heavy atom. The lowest BCUT2D eigenvalue weighted by Crippen LogP contribution is -2.27. The Kier molecular flexibility index (Phi) is 9.43. The normalized spacial score (nSPS) is 10.8. The van der Waals surface area contributed by atoms with Gasteiger partial charge in [-0.15, -0.1) is 11.8 Å². The van der Waals surface area contributed by atoms with Crippen LogP contribution in [0.2, 0.25) is 15.1 Å². The SMILES string of the molecule is O=C(CSCc1c(F)cccc1Cl)NCCSCc1ccc(Cl)c(Cl)c1. The molecule has 2 aromatic carbocycles. The fourth-order valence-electron chi connectivity index (χ4n) is 2.05. The molecule has 1 N–H and O–H groups in total. The molecule has 2 aromatic rings. The summed E-state index contributed by atoms with van der Waals surface area (Å²) >= 11 is 20.8. The lowest BCUT2D eigenvalue weighted by molar-refractivity contribution is -0.118. The number of rotatable bonds is 9. The molecule has 140 valence electrons. The summed E-state index contributed by atoms with van der Waals surface area (Å²) in [6.45, 7) is 0.575. The summed E-state index contributed by atoms with van der Waals surface area (Å²) in [5.74, 6) is 1.80. The number of nitrogens with one attached hydrogen (secondary N) is 1. The minimum Gasteiger partial charge on any atom is -0.355 e. The highest BCUT2D eigenvalue weighted by Crippen LogP contribution is 2.25. The van der Waals surface area contributed by atoms with E-state index in [0.717, 1.165) is 17.1 Å². The van der Waals surface area contributed by atoms with Crippen molar-refractivity contribution in [2.24, 2.45) is 0 Å². The van der Waals surface area contributed by atoms with Gasteiger partial charge < -0.3 is 5.32 Å². The maximum atomic E-state index is 13.6. The van der Waals surface area contributed by atoms with Crippen molar-refractivity contribution in [3.8, 4) is 0 Å². The van der Waals surface area contributed by atoms with E-state index >= 15 is 0 Å². The molecular formula is C18H17Cl3FNOS2. The average Bonchev–Trinajstić information content (AvgIpc) is 2.60. The van der Waals surface area contributed by atoms with Gasteiger partial charge in [0.1, 0.15) is 5.82 Å². The lowest BCUT2D eigenvalue weighted by atomic mass is 10.2. The molecule has 0 saturated heterocycles. The highest BCUT2D eigenvalue weighted by atomic mass is 35.5. The molecule has 8 heteroatoms. The van der Waals surface area contributed by atoms with Gasteiger partial charge in [-0.05, 0) is 29.8 Å². The minimum atomic E-state index is -0.343. The van der Waals surface area contributed by atoms with E-state index in [0.29, 0.717) is 32.9 Å². The first-order chi connectivity index (χ1) is 12.5. The average molecular weight is 453 g/mol. The van der Waals surface area contributed by atoms with Crippen molar-refractivity contribution in [3.63, 3.8) is 0 Å². The predicted molar refractivity (Wildman–Crippen MR) is 113 cm³/mol. The topological polar surface area (TPSA) is 29.1 Å². The fourth-order valence-corrected chi connectivity index (χ4v) is 4.37. The van der Waals surface area contributed by atoms with Crippen molar-refractivity contribution >= 4 is 64.2 Å². The van der Waals surface area contributed by atoms with E-state index in [1.165, 1.54) is 17.8 Å². The summed E-state index contributed by atoms with van der Waals surface area (Å²) in [6.07, 6.45) is 0. The fraction of sp³-hybridized carbons (Fsp3) is 0.278. The van der Waals surface area contributed by atoms with Crippen LogP contribution in [0.3, 0.4) is 0 Å². The summed E-state index contributed by atoms with van der Waals surface area (Å²) in [5.41, 5.74) is 1.53. The van der Waals surface area contributed by atoms with Gasteiger partial charge in [0.2, 0.25) is 5.91 Å². The Hall–Kier alpha value is -0.590. The molecule has 2 rings (SSSR count). The van der Waals surface area contributed by atoms with E-state index in [9.17, 15) is 9.18 Å². The van der Waals surface area contributed by atoms with Crippen molar-refractivity contribution in [3.05, 3.63) is 68.4 Å². The van der Waals surface area contributed by atoms with E-state index in [1.807, 2.05) is 12.1 Å². The highest BCUT2D eigenvalue weighted by molar-refractivity contribution is 7.99. The zero-order valence-corrected chi connectivity index (χ0v) is 17.6. The standard InChI is InChI=1S/C18H17Cl3FNOS2/c19-14-2-1-3-17(22)13(14)10-26-11-18(24)23-6-7-25-9-12-4-5-15(20)16(21)8-12/h1-5,8H,6-7,9-11H2,(H,23,24). The van der Waals surface area contributed by atoms with Crippen LogP contribution in [-0.4, -0.2) is 24.0 Å². The molecule has 26 heavy (non-hydrogen) atoms. The Bertz CT molecular complexity index is 741. The molecule has 0 atom stereocenters. The molecule has 0 aliphatic heterocycles. The summed E-state index contributed by atoms with van der Waals surface area (Å²) in [7, 11) is 0. The number of benzene rings is 2. The van der Waals surface area contributed by atoms with E-state index in [1.54, 1.807) is 30.0 Å². The molecule has 0 radical (unpaired) electrons. The monoisotopic (exact) mass is 451 g/mol. The zero-order valence-electron chi connectivity index (χ0n) is 13.7. The molecule has 2 nitrogen and oxygen atoms in total. The Morgan fingerprint density at radius 1 is 1.00 bits per heavy atom. The number of carbonyl (C=O) groups is 1. The maximum absolute atomic E-state index is 13.6. The van der Waals surface area contributed by atoms with E-state index in [2.05, 4.69) is 5.32 Å². The number of thioether (sulfide) groups is 2. The molecule has 0 aromatic heterocycles. The van der Waals surface area contributed by atoms with Gasteiger partial charge in [0.05, 0.1) is 15.8 Å². The third-order valence-corrected chi connectivity index (χ3v) is 6.45. The minimum absolute atomic E-state index is 0.0717. The first kappa shape index (κ1) is 21.7. The number of carbonyl (C=O) groups excluding carboxylic acids is 1. The van der Waals surface area contributed by atoms with Crippen LogP contribution < -0.4 is 5.32 Å². The molecular weight excluding hydrogens is 436 g/mol. The third-order valence-electron chi connectivity index (χ3n) is 3.36. The Labute approximate surface area is 176 Å². The van der Waals surface area contributed by atoms with Gasteiger partial charge in [-0.2, -0.15) is 11.8 Å². The van der Waals surface area contributed by atoms with E-state index in [-0.39, 0.29) is 17.5 Å². The summed E-state index contributed by atoms with van der Waals surface area (Å²) < 4.78 is 13.6. The van der Waals surface area contributed by atoms with Gasteiger partial charge in [0.15, 0.2) is 0 Å². The van der Waals surface area contributed by atoms with Crippen LogP contribution in [0.4, 0.5) is 4.39 Å². The molecule has 0 heterocycles. The summed E-state index contributed by atoms with van der Waals surface area (Å²) in [5, 5.41) is 4.33. The van der Waals surface area contributed by atoms with E-state index in [4.69, 9.17) is 34.8 Å². The molecule has 1 amide bonds. The van der Waals surface area contributed by atoms with Crippen LogP contribution in [0.15, 0.2) is 36.4 Å². The summed E-state index contributed by atoms with van der Waals surface area (Å²) in [4.78, 5) is 11.8. The van der Waals surface area contributed by atoms with Crippen molar-refractivity contribution < 1.29 is 9.18 Å². The third kappa shape index (κ3) is 7.20. The number of amides is 1. The second-order valence-corrected chi connectivity index (χ2v) is 8.66. The van der Waals surface area contributed by atoms with Gasteiger partial charge in [0.25, 0.3) is 0 Å². The van der Waals surface area contributed by atoms with Gasteiger partial charge >= 0.3 is 0 Å². The van der Waals surface area contributed by atoms with Crippen LogP contribution in [-0.2, 0) is 16.3 Å². The Morgan fingerprint density at radius 3 is 2.54 bits per heavy atom. The smallest absolute Gasteiger partial charge is 0.230 e. The van der Waals surface area contributed by atoms with Gasteiger partial charge in [0, 0.05) is 34.4 Å². The molecule has 0 bridgehead atoms. The van der Waals surface area contributed by atoms with Crippen LogP contribution in [0.25, 0.3) is 0 Å². The van der Waals surface area contributed by atoms with Crippen molar-refractivity contribution in [1.82, 2.24) is 5.32 Å². The molecule has 0 unspecified atom stereocenters. The first-order valence-corrected chi connectivity index (χ1v) is 11.2. The number of hydrogen-bond acceptors (Lipinski definition) is 3. The predicted octanol–water partition coefficient (Wildman–Crippen LogP) is 6.07. The quantitative estimate of drug-likeness (QED) is 0.468. The summed E-state index contributed by atoms with van der Waals surface area (Å²) in [6, 6.07) is 10.1. The van der Waals surface area contributed by atoms with Gasteiger partial charge in [-0.3, -0.25) is 4.79 Å². The highest BCUT2D eigenvalue weighted by Gasteiger charge is 2.08. The number of hydrogen-bond donors (Lipinski definition) is 1. The van der Waals surface area contributed by atoms with Gasteiger partial charge in [-0.1, -0.05) is 46.9 Å². The first-order valence-electron chi connectivity index (χ1n) is 7.76. The molecule has 0 aliphatic rings. The van der Waals surface area contributed by atoms with Crippen molar-refractivity contribution in [1.29, 1.82) is 0 Å².